The number of rotatable bonds is 4. The third kappa shape index (κ3) is 4.05. The number of methoxy groups -OCH3 is 1. The van der Waals surface area contributed by atoms with Crippen LogP contribution >= 0.6 is 0 Å². The van der Waals surface area contributed by atoms with Gasteiger partial charge in [-0.25, -0.2) is 8.42 Å². The number of carbonyl (C=O) groups excluding carboxylic acids is 1. The van der Waals surface area contributed by atoms with E-state index in [1.165, 1.54) is 7.11 Å². The van der Waals surface area contributed by atoms with Crippen LogP contribution in [-0.2, 0) is 32.3 Å². The summed E-state index contributed by atoms with van der Waals surface area (Å²) >= 11 is 0. The fraction of sp³-hybridized carbons (Fsp3) is 0.500. The predicted octanol–water partition coefficient (Wildman–Crippen LogP) is 0.633. The van der Waals surface area contributed by atoms with Gasteiger partial charge in [0.25, 0.3) is 0 Å². The van der Waals surface area contributed by atoms with Gasteiger partial charge in [0.15, 0.2) is 9.84 Å². The molecule has 110 valence electrons. The molecule has 1 fully saturated rings. The summed E-state index contributed by atoms with van der Waals surface area (Å²) in [4.78, 5) is 13.5. The predicted molar refractivity (Wildman–Crippen MR) is 76.1 cm³/mol. The molecule has 20 heavy (non-hydrogen) atoms. The number of benzene rings is 1. The second-order valence-corrected chi connectivity index (χ2v) is 7.25. The number of ether oxygens (including phenoxy) is 1. The van der Waals surface area contributed by atoms with E-state index >= 15 is 0 Å². The molecule has 1 saturated heterocycles. The Morgan fingerprint density at radius 2 is 1.80 bits per heavy atom. The van der Waals surface area contributed by atoms with Crippen molar-refractivity contribution >= 4 is 15.8 Å². The van der Waals surface area contributed by atoms with Crippen LogP contribution in [0.15, 0.2) is 24.3 Å². The molecule has 0 bridgehead atoms. The zero-order chi connectivity index (χ0) is 14.6. The summed E-state index contributed by atoms with van der Waals surface area (Å²) < 4.78 is 27.5. The third-order valence-electron chi connectivity index (χ3n) is 3.51. The van der Waals surface area contributed by atoms with Crippen molar-refractivity contribution in [2.24, 2.45) is 0 Å². The lowest BCUT2D eigenvalue weighted by Gasteiger charge is -2.27. The molecule has 0 aliphatic carbocycles. The van der Waals surface area contributed by atoms with E-state index in [0.29, 0.717) is 19.6 Å². The SMILES string of the molecule is COC(=O)Cc1ccccc1CN1CCS(=O)(=O)CC1. The normalized spacial score (nSPS) is 18.6. The molecule has 0 unspecified atom stereocenters. The Morgan fingerprint density at radius 3 is 2.40 bits per heavy atom. The highest BCUT2D eigenvalue weighted by atomic mass is 32.2. The molecule has 0 saturated carbocycles. The van der Waals surface area contributed by atoms with Gasteiger partial charge in [0.05, 0.1) is 25.0 Å². The molecular formula is C14H19NO4S. The van der Waals surface area contributed by atoms with E-state index in [4.69, 9.17) is 4.74 Å². The van der Waals surface area contributed by atoms with Crippen LogP contribution in [0.5, 0.6) is 0 Å². The van der Waals surface area contributed by atoms with Crippen molar-refractivity contribution < 1.29 is 17.9 Å². The first-order valence-electron chi connectivity index (χ1n) is 6.56. The molecule has 5 nitrogen and oxygen atoms in total. The van der Waals surface area contributed by atoms with Gasteiger partial charge in [-0.15, -0.1) is 0 Å². The van der Waals surface area contributed by atoms with E-state index in [9.17, 15) is 13.2 Å². The molecular weight excluding hydrogens is 278 g/mol. The first kappa shape index (κ1) is 15.0. The van der Waals surface area contributed by atoms with Gasteiger partial charge in [0, 0.05) is 19.6 Å². The van der Waals surface area contributed by atoms with Gasteiger partial charge in [-0.3, -0.25) is 9.69 Å². The maximum absolute atomic E-state index is 11.4. The summed E-state index contributed by atoms with van der Waals surface area (Å²) in [5.74, 6) is 0.164. The van der Waals surface area contributed by atoms with Crippen LogP contribution in [0.2, 0.25) is 0 Å². The minimum Gasteiger partial charge on any atom is -0.469 e. The maximum Gasteiger partial charge on any atom is 0.309 e. The average Bonchev–Trinajstić information content (AvgIpc) is 2.43. The fourth-order valence-corrected chi connectivity index (χ4v) is 3.54. The summed E-state index contributed by atoms with van der Waals surface area (Å²) in [5.41, 5.74) is 1.99. The zero-order valence-electron chi connectivity index (χ0n) is 11.5. The van der Waals surface area contributed by atoms with Crippen LogP contribution in [0.4, 0.5) is 0 Å². The van der Waals surface area contributed by atoms with E-state index in [-0.39, 0.29) is 23.9 Å². The molecule has 1 aromatic carbocycles. The molecule has 6 heteroatoms. The van der Waals surface area contributed by atoms with Gasteiger partial charge < -0.3 is 4.74 Å². The quantitative estimate of drug-likeness (QED) is 0.763. The van der Waals surface area contributed by atoms with Crippen molar-refractivity contribution in [3.63, 3.8) is 0 Å². The van der Waals surface area contributed by atoms with E-state index in [1.54, 1.807) is 0 Å². The third-order valence-corrected chi connectivity index (χ3v) is 5.12. The van der Waals surface area contributed by atoms with Crippen molar-refractivity contribution in [2.75, 3.05) is 31.7 Å². The van der Waals surface area contributed by atoms with Crippen LogP contribution in [0.25, 0.3) is 0 Å². The number of sulfone groups is 1. The molecule has 1 heterocycles. The van der Waals surface area contributed by atoms with Gasteiger partial charge in [0.1, 0.15) is 0 Å². The van der Waals surface area contributed by atoms with Gasteiger partial charge in [-0.2, -0.15) is 0 Å². The highest BCUT2D eigenvalue weighted by molar-refractivity contribution is 7.91. The lowest BCUT2D eigenvalue weighted by Crippen LogP contribution is -2.39. The molecule has 0 amide bonds. The molecule has 1 aliphatic heterocycles. The molecule has 1 aliphatic rings. The van der Waals surface area contributed by atoms with Gasteiger partial charge >= 0.3 is 5.97 Å². The van der Waals surface area contributed by atoms with Crippen LogP contribution in [-0.4, -0.2) is 51.0 Å². The number of esters is 1. The lowest BCUT2D eigenvalue weighted by molar-refractivity contribution is -0.139. The average molecular weight is 297 g/mol. The van der Waals surface area contributed by atoms with Crippen molar-refractivity contribution in [2.45, 2.75) is 13.0 Å². The molecule has 0 spiro atoms. The Labute approximate surface area is 119 Å². The summed E-state index contributed by atoms with van der Waals surface area (Å²) in [6, 6.07) is 7.70. The van der Waals surface area contributed by atoms with Crippen molar-refractivity contribution in [1.82, 2.24) is 4.90 Å². The lowest BCUT2D eigenvalue weighted by atomic mass is 10.0. The number of carbonyl (C=O) groups is 1. The minimum atomic E-state index is -2.86. The van der Waals surface area contributed by atoms with E-state index < -0.39 is 9.84 Å². The first-order chi connectivity index (χ1) is 9.50. The highest BCUT2D eigenvalue weighted by Gasteiger charge is 2.22. The molecule has 0 atom stereocenters. The van der Waals surface area contributed by atoms with Crippen LogP contribution < -0.4 is 0 Å². The van der Waals surface area contributed by atoms with Gasteiger partial charge in [0.2, 0.25) is 0 Å². The Hall–Kier alpha value is -1.40. The zero-order valence-corrected chi connectivity index (χ0v) is 12.4. The van der Waals surface area contributed by atoms with Gasteiger partial charge in [-0.05, 0) is 11.1 Å². The van der Waals surface area contributed by atoms with E-state index in [2.05, 4.69) is 4.90 Å². The molecule has 0 aromatic heterocycles. The van der Waals surface area contributed by atoms with Crippen molar-refractivity contribution in [1.29, 1.82) is 0 Å². The van der Waals surface area contributed by atoms with E-state index in [0.717, 1.165) is 11.1 Å². The minimum absolute atomic E-state index is 0.214. The van der Waals surface area contributed by atoms with Gasteiger partial charge in [-0.1, -0.05) is 24.3 Å². The molecule has 0 radical (unpaired) electrons. The van der Waals surface area contributed by atoms with E-state index in [1.807, 2.05) is 24.3 Å². The number of hydrogen-bond acceptors (Lipinski definition) is 5. The Kier molecular flexibility index (Phi) is 4.77. The topological polar surface area (TPSA) is 63.7 Å². The largest absolute Gasteiger partial charge is 0.469 e. The van der Waals surface area contributed by atoms with Crippen LogP contribution in [0, 0.1) is 0 Å². The van der Waals surface area contributed by atoms with Crippen LogP contribution in [0.3, 0.4) is 0 Å². The van der Waals surface area contributed by atoms with Crippen molar-refractivity contribution in [3.05, 3.63) is 35.4 Å². The molecule has 1 aromatic rings. The number of hydrogen-bond donors (Lipinski definition) is 0. The maximum atomic E-state index is 11.4. The number of nitrogens with zero attached hydrogens (tertiary/aromatic N) is 1. The monoisotopic (exact) mass is 297 g/mol. The second-order valence-electron chi connectivity index (χ2n) is 4.95. The highest BCUT2D eigenvalue weighted by Crippen LogP contribution is 2.15. The Morgan fingerprint density at radius 1 is 1.20 bits per heavy atom. The second kappa shape index (κ2) is 6.37. The Balaban J connectivity index is 2.04. The summed E-state index contributed by atoms with van der Waals surface area (Å²) in [5, 5.41) is 0. The van der Waals surface area contributed by atoms with Crippen molar-refractivity contribution in [3.8, 4) is 0 Å². The molecule has 2 rings (SSSR count). The summed E-state index contributed by atoms with van der Waals surface area (Å²) in [7, 11) is -1.48. The standard InChI is InChI=1S/C14H19NO4S/c1-19-14(16)10-12-4-2-3-5-13(12)11-15-6-8-20(17,18)9-7-15/h2-5H,6-11H2,1H3. The summed E-state index contributed by atoms with van der Waals surface area (Å²) in [6.45, 7) is 1.77. The molecule has 0 N–H and O–H groups in total. The Bertz CT molecular complexity index is 569. The summed E-state index contributed by atoms with van der Waals surface area (Å²) in [6.07, 6.45) is 0.249. The van der Waals surface area contributed by atoms with Crippen LogP contribution in [0.1, 0.15) is 11.1 Å². The smallest absolute Gasteiger partial charge is 0.309 e. The first-order valence-corrected chi connectivity index (χ1v) is 8.39. The fourth-order valence-electron chi connectivity index (χ4n) is 2.26.